The number of methoxy groups -OCH3 is 1. The maximum atomic E-state index is 14.4. The van der Waals surface area contributed by atoms with Crippen LogP contribution < -0.4 is 10.1 Å². The van der Waals surface area contributed by atoms with Crippen molar-refractivity contribution in [1.82, 2.24) is 30.4 Å². The molecule has 2 saturated heterocycles. The summed E-state index contributed by atoms with van der Waals surface area (Å²) in [7, 11) is 1.45. The first kappa shape index (κ1) is 25.1. The molecule has 2 spiro atoms. The molecule has 3 aromatic rings. The Bertz CT molecular complexity index is 1480. The van der Waals surface area contributed by atoms with Gasteiger partial charge in [0, 0.05) is 41.2 Å². The third-order valence-corrected chi connectivity index (χ3v) is 9.19. The van der Waals surface area contributed by atoms with Crippen LogP contribution in [0.15, 0.2) is 36.7 Å². The minimum Gasteiger partial charge on any atom is -0.481 e. The summed E-state index contributed by atoms with van der Waals surface area (Å²) in [5.41, 5.74) is 2.65. The molecule has 7 rings (SSSR count). The molecule has 0 aromatic carbocycles. The molecule has 2 atom stereocenters. The van der Waals surface area contributed by atoms with E-state index in [0.717, 1.165) is 37.6 Å². The summed E-state index contributed by atoms with van der Waals surface area (Å²) in [5, 5.41) is 10.3. The van der Waals surface area contributed by atoms with Gasteiger partial charge >= 0.3 is 0 Å². The SMILES string of the molecule is COc1cc(-c2cc(C(=O)N3CCC(C(=O)NC4CCC5(COC5)c5cccnc54)CC34CC4)[nH]n2)c(F)cn1. The van der Waals surface area contributed by atoms with E-state index < -0.39 is 5.82 Å². The molecule has 3 fully saturated rings. The van der Waals surface area contributed by atoms with Crippen molar-refractivity contribution in [1.29, 1.82) is 0 Å². The highest BCUT2D eigenvalue weighted by molar-refractivity contribution is 5.94. The quantitative estimate of drug-likeness (QED) is 0.503. The number of hydrogen-bond acceptors (Lipinski definition) is 7. The van der Waals surface area contributed by atoms with E-state index in [1.165, 1.54) is 18.7 Å². The molecule has 208 valence electrons. The fourth-order valence-corrected chi connectivity index (χ4v) is 6.71. The number of pyridine rings is 2. The summed E-state index contributed by atoms with van der Waals surface area (Å²) in [6.45, 7) is 1.90. The lowest BCUT2D eigenvalue weighted by Crippen LogP contribution is -2.53. The van der Waals surface area contributed by atoms with E-state index in [9.17, 15) is 14.0 Å². The molecular formula is C29H31FN6O4. The third-order valence-electron chi connectivity index (χ3n) is 9.19. The number of piperidine rings is 1. The van der Waals surface area contributed by atoms with Gasteiger partial charge in [-0.25, -0.2) is 9.37 Å². The van der Waals surface area contributed by atoms with Gasteiger partial charge in [0.2, 0.25) is 11.8 Å². The maximum Gasteiger partial charge on any atom is 0.272 e. The van der Waals surface area contributed by atoms with Crippen molar-refractivity contribution >= 4 is 11.8 Å². The third kappa shape index (κ3) is 4.06. The van der Waals surface area contributed by atoms with Crippen LogP contribution in [0.1, 0.15) is 66.3 Å². The number of fused-ring (bicyclic) bond motifs is 2. The van der Waals surface area contributed by atoms with Gasteiger partial charge in [-0.3, -0.25) is 19.7 Å². The summed E-state index contributed by atoms with van der Waals surface area (Å²) in [6.07, 6.45) is 7.59. The number of amides is 2. The number of H-pyrrole nitrogens is 1. The molecule has 2 aliphatic carbocycles. The number of rotatable bonds is 5. The van der Waals surface area contributed by atoms with Crippen molar-refractivity contribution in [2.45, 2.75) is 55.5 Å². The van der Waals surface area contributed by atoms with Gasteiger partial charge in [-0.05, 0) is 56.2 Å². The zero-order chi connectivity index (χ0) is 27.5. The van der Waals surface area contributed by atoms with Gasteiger partial charge < -0.3 is 19.7 Å². The number of nitrogens with one attached hydrogen (secondary N) is 2. The molecule has 2 aliphatic heterocycles. The van der Waals surface area contributed by atoms with Crippen LogP contribution in [0.25, 0.3) is 11.3 Å². The van der Waals surface area contributed by atoms with Crippen LogP contribution in [0.5, 0.6) is 5.88 Å². The van der Waals surface area contributed by atoms with Gasteiger partial charge in [0.05, 0.1) is 44.0 Å². The van der Waals surface area contributed by atoms with Crippen molar-refractivity contribution in [3.63, 3.8) is 0 Å². The van der Waals surface area contributed by atoms with Gasteiger partial charge in [-0.15, -0.1) is 0 Å². The van der Waals surface area contributed by atoms with Crippen molar-refractivity contribution in [3.05, 3.63) is 59.4 Å². The van der Waals surface area contributed by atoms with Crippen LogP contribution >= 0.6 is 0 Å². The van der Waals surface area contributed by atoms with Gasteiger partial charge in [0.25, 0.3) is 5.91 Å². The highest BCUT2D eigenvalue weighted by atomic mass is 19.1. The fourth-order valence-electron chi connectivity index (χ4n) is 6.71. The second kappa shape index (κ2) is 9.36. The zero-order valence-electron chi connectivity index (χ0n) is 22.3. The molecule has 0 bridgehead atoms. The van der Waals surface area contributed by atoms with Crippen LogP contribution in [-0.2, 0) is 14.9 Å². The molecule has 2 unspecified atom stereocenters. The van der Waals surface area contributed by atoms with Gasteiger partial charge in [0.15, 0.2) is 5.82 Å². The number of carbonyl (C=O) groups is 2. The minimum absolute atomic E-state index is 0.0340. The molecule has 10 nitrogen and oxygen atoms in total. The summed E-state index contributed by atoms with van der Waals surface area (Å²) in [4.78, 5) is 37.4. The number of ether oxygens (including phenoxy) is 2. The van der Waals surface area contributed by atoms with Crippen LogP contribution in [-0.4, -0.2) is 69.3 Å². The fraction of sp³-hybridized carbons (Fsp3) is 0.483. The Balaban J connectivity index is 1.04. The maximum absolute atomic E-state index is 14.4. The molecule has 2 amide bonds. The largest absolute Gasteiger partial charge is 0.481 e. The highest BCUT2D eigenvalue weighted by Crippen LogP contribution is 2.51. The Labute approximate surface area is 230 Å². The van der Waals surface area contributed by atoms with Crippen LogP contribution in [0.3, 0.4) is 0 Å². The van der Waals surface area contributed by atoms with E-state index in [1.54, 1.807) is 12.3 Å². The number of aromatic nitrogens is 4. The summed E-state index contributed by atoms with van der Waals surface area (Å²) >= 11 is 0. The predicted octanol–water partition coefficient (Wildman–Crippen LogP) is 3.32. The van der Waals surface area contributed by atoms with Crippen molar-refractivity contribution in [2.75, 3.05) is 26.9 Å². The van der Waals surface area contributed by atoms with Gasteiger partial charge in [0.1, 0.15) is 5.69 Å². The summed E-state index contributed by atoms with van der Waals surface area (Å²) in [5.74, 6) is -0.614. The summed E-state index contributed by atoms with van der Waals surface area (Å²) in [6, 6.07) is 6.97. The average molecular weight is 547 g/mol. The molecule has 5 heterocycles. The van der Waals surface area contributed by atoms with E-state index in [-0.39, 0.29) is 51.9 Å². The number of aromatic amines is 1. The highest BCUT2D eigenvalue weighted by Gasteiger charge is 2.55. The Morgan fingerprint density at radius 2 is 2.05 bits per heavy atom. The van der Waals surface area contributed by atoms with E-state index >= 15 is 0 Å². The van der Waals surface area contributed by atoms with E-state index in [2.05, 4.69) is 31.5 Å². The molecular weight excluding hydrogens is 515 g/mol. The predicted molar refractivity (Wildman–Crippen MR) is 141 cm³/mol. The molecule has 4 aliphatic rings. The van der Waals surface area contributed by atoms with Crippen LogP contribution in [0, 0.1) is 11.7 Å². The smallest absolute Gasteiger partial charge is 0.272 e. The number of nitrogens with zero attached hydrogens (tertiary/aromatic N) is 4. The molecule has 1 saturated carbocycles. The Morgan fingerprint density at radius 3 is 2.80 bits per heavy atom. The van der Waals surface area contributed by atoms with E-state index in [4.69, 9.17) is 9.47 Å². The first-order valence-corrected chi connectivity index (χ1v) is 13.8. The lowest BCUT2D eigenvalue weighted by molar-refractivity contribution is -0.128. The number of halogens is 1. The lowest BCUT2D eigenvalue weighted by atomic mass is 9.68. The minimum atomic E-state index is -0.552. The van der Waals surface area contributed by atoms with Crippen molar-refractivity contribution in [2.24, 2.45) is 5.92 Å². The second-order valence-electron chi connectivity index (χ2n) is 11.6. The van der Waals surface area contributed by atoms with E-state index in [0.29, 0.717) is 38.3 Å². The van der Waals surface area contributed by atoms with Crippen LogP contribution in [0.2, 0.25) is 0 Å². The first-order valence-electron chi connectivity index (χ1n) is 13.8. The molecule has 11 heteroatoms. The number of hydrogen-bond donors (Lipinski definition) is 2. The molecule has 40 heavy (non-hydrogen) atoms. The molecule has 3 aromatic heterocycles. The Kier molecular flexibility index (Phi) is 5.88. The van der Waals surface area contributed by atoms with E-state index in [1.807, 2.05) is 11.0 Å². The average Bonchev–Trinajstić information content (AvgIpc) is 3.53. The summed E-state index contributed by atoms with van der Waals surface area (Å²) < 4.78 is 25.0. The van der Waals surface area contributed by atoms with Gasteiger partial charge in [-0.1, -0.05) is 6.07 Å². The lowest BCUT2D eigenvalue weighted by Gasteiger charge is -2.47. The topological polar surface area (TPSA) is 122 Å². The number of likely N-dealkylation sites (tertiary alicyclic amines) is 1. The number of carbonyl (C=O) groups excluding carboxylic acids is 2. The molecule has 0 radical (unpaired) electrons. The van der Waals surface area contributed by atoms with Gasteiger partial charge in [-0.2, -0.15) is 5.10 Å². The van der Waals surface area contributed by atoms with Crippen molar-refractivity contribution < 1.29 is 23.5 Å². The second-order valence-corrected chi connectivity index (χ2v) is 11.6. The normalized spacial score (nSPS) is 23.8. The molecule has 2 N–H and O–H groups in total. The first-order chi connectivity index (χ1) is 19.4. The zero-order valence-corrected chi connectivity index (χ0v) is 22.3. The Hall–Kier alpha value is -3.86. The van der Waals surface area contributed by atoms with Crippen LogP contribution in [0.4, 0.5) is 4.39 Å². The standard InChI is InChI=1S/C29H31FN6O4/c1-39-24-11-18(20(30)14-32-24)22-12-23(35-34-22)27(38)36-10-5-17(13-29(36)7-8-29)26(37)33-21-4-6-28(15-40-16-28)19-3-2-9-31-25(19)21/h2-3,9,11-12,14,17,21H,4-8,10,13,15-16H2,1H3,(H,33,37)(H,34,35). The monoisotopic (exact) mass is 546 g/mol. The Morgan fingerprint density at radius 1 is 1.20 bits per heavy atom. The van der Waals surface area contributed by atoms with Crippen molar-refractivity contribution in [3.8, 4) is 17.1 Å².